The predicted molar refractivity (Wildman–Crippen MR) is 142 cm³/mol. The molecule has 2 atom stereocenters. The van der Waals surface area contributed by atoms with Crippen molar-refractivity contribution >= 4 is 31.4 Å². The molecule has 0 bridgehead atoms. The predicted octanol–water partition coefficient (Wildman–Crippen LogP) is 5.61. The summed E-state index contributed by atoms with van der Waals surface area (Å²) < 4.78 is 58.4. The van der Waals surface area contributed by atoms with Crippen molar-refractivity contribution in [1.29, 1.82) is 0 Å². The van der Waals surface area contributed by atoms with E-state index in [9.17, 15) is 16.8 Å². The molecule has 4 aromatic carbocycles. The molecule has 184 valence electrons. The van der Waals surface area contributed by atoms with Crippen LogP contribution in [0.1, 0.15) is 24.9 Å². The average Bonchev–Trinajstić information content (AvgIpc) is 2.90. The van der Waals surface area contributed by atoms with Gasteiger partial charge in [-0.3, -0.25) is 8.61 Å². The molecule has 0 amide bonds. The zero-order chi connectivity index (χ0) is 25.3. The standard InChI is InChI=1S/C28H26N2O4S2/c1-22-21-28(30(23-13-5-2-6-14-23)36(33,34)25-17-9-4-10-18-25)26-19-11-12-20-27(26)29(22)35(31,32)24-15-7-3-8-16-24/h2-20,22,28H,21H2,1H3. The summed E-state index contributed by atoms with van der Waals surface area (Å²) in [5.41, 5.74) is 1.64. The molecule has 0 spiro atoms. The van der Waals surface area contributed by atoms with Gasteiger partial charge in [0, 0.05) is 11.6 Å². The molecule has 0 radical (unpaired) electrons. The van der Waals surface area contributed by atoms with Crippen LogP contribution in [0.3, 0.4) is 0 Å². The van der Waals surface area contributed by atoms with Gasteiger partial charge in [-0.15, -0.1) is 0 Å². The van der Waals surface area contributed by atoms with Gasteiger partial charge in [0.15, 0.2) is 0 Å². The van der Waals surface area contributed by atoms with Gasteiger partial charge in [-0.2, -0.15) is 0 Å². The molecule has 1 heterocycles. The fraction of sp³-hybridized carbons (Fsp3) is 0.143. The van der Waals surface area contributed by atoms with Crippen LogP contribution in [0.25, 0.3) is 0 Å². The number of para-hydroxylation sites is 2. The van der Waals surface area contributed by atoms with Crippen LogP contribution < -0.4 is 8.61 Å². The second-order valence-electron chi connectivity index (χ2n) is 8.72. The number of benzene rings is 4. The first kappa shape index (κ1) is 24.1. The van der Waals surface area contributed by atoms with Crippen molar-refractivity contribution < 1.29 is 16.8 Å². The van der Waals surface area contributed by atoms with Gasteiger partial charge in [-0.25, -0.2) is 16.8 Å². The van der Waals surface area contributed by atoms with E-state index in [0.717, 1.165) is 0 Å². The summed E-state index contributed by atoms with van der Waals surface area (Å²) in [6.45, 7) is 1.82. The van der Waals surface area contributed by atoms with E-state index in [-0.39, 0.29) is 16.2 Å². The molecule has 2 unspecified atom stereocenters. The minimum atomic E-state index is -3.96. The van der Waals surface area contributed by atoms with Crippen LogP contribution in [-0.4, -0.2) is 22.9 Å². The Balaban J connectivity index is 1.69. The minimum Gasteiger partial charge on any atom is -0.263 e. The number of sulfonamides is 2. The molecular weight excluding hydrogens is 492 g/mol. The molecule has 5 rings (SSSR count). The lowest BCUT2D eigenvalue weighted by atomic mass is 9.93. The van der Waals surface area contributed by atoms with Crippen molar-refractivity contribution in [2.45, 2.75) is 35.2 Å². The number of hydrogen-bond acceptors (Lipinski definition) is 4. The monoisotopic (exact) mass is 518 g/mol. The summed E-state index contributed by atoms with van der Waals surface area (Å²) >= 11 is 0. The quantitative estimate of drug-likeness (QED) is 0.333. The van der Waals surface area contributed by atoms with Crippen LogP contribution in [0, 0.1) is 0 Å². The van der Waals surface area contributed by atoms with E-state index in [1.54, 1.807) is 97.1 Å². The third-order valence-corrected chi connectivity index (χ3v) is 10.2. The Morgan fingerprint density at radius 1 is 0.667 bits per heavy atom. The number of fused-ring (bicyclic) bond motifs is 1. The van der Waals surface area contributed by atoms with E-state index in [0.29, 0.717) is 16.9 Å². The van der Waals surface area contributed by atoms with Crippen molar-refractivity contribution in [3.63, 3.8) is 0 Å². The first-order valence-electron chi connectivity index (χ1n) is 11.6. The maximum atomic E-state index is 14.0. The minimum absolute atomic E-state index is 0.179. The Morgan fingerprint density at radius 3 is 1.78 bits per heavy atom. The Kier molecular flexibility index (Phi) is 6.32. The van der Waals surface area contributed by atoms with Crippen molar-refractivity contribution in [2.24, 2.45) is 0 Å². The van der Waals surface area contributed by atoms with Gasteiger partial charge in [0.05, 0.1) is 27.2 Å². The zero-order valence-corrected chi connectivity index (χ0v) is 21.3. The van der Waals surface area contributed by atoms with Crippen molar-refractivity contribution in [3.8, 4) is 0 Å². The van der Waals surface area contributed by atoms with Crippen LogP contribution in [-0.2, 0) is 20.0 Å². The first-order valence-corrected chi connectivity index (χ1v) is 14.5. The third-order valence-electron chi connectivity index (χ3n) is 6.39. The number of anilines is 2. The van der Waals surface area contributed by atoms with Crippen LogP contribution in [0.4, 0.5) is 11.4 Å². The molecular formula is C28H26N2O4S2. The molecule has 1 aliphatic rings. The molecule has 0 saturated heterocycles. The van der Waals surface area contributed by atoms with Crippen molar-refractivity contribution in [2.75, 3.05) is 8.61 Å². The molecule has 4 aromatic rings. The molecule has 0 fully saturated rings. The molecule has 0 saturated carbocycles. The normalized spacial score (nSPS) is 17.9. The van der Waals surface area contributed by atoms with Crippen molar-refractivity contribution in [1.82, 2.24) is 0 Å². The van der Waals surface area contributed by atoms with Crippen LogP contribution in [0.15, 0.2) is 125 Å². The van der Waals surface area contributed by atoms with Crippen LogP contribution in [0.2, 0.25) is 0 Å². The lowest BCUT2D eigenvalue weighted by molar-refractivity contribution is 0.511. The molecule has 6 nitrogen and oxygen atoms in total. The highest BCUT2D eigenvalue weighted by molar-refractivity contribution is 7.93. The Labute approximate surface area is 212 Å². The van der Waals surface area contributed by atoms with E-state index in [2.05, 4.69) is 0 Å². The van der Waals surface area contributed by atoms with Gasteiger partial charge < -0.3 is 0 Å². The fourth-order valence-electron chi connectivity index (χ4n) is 4.81. The number of nitrogens with zero attached hydrogens (tertiary/aromatic N) is 2. The summed E-state index contributed by atoms with van der Waals surface area (Å²) in [6, 6.07) is 31.7. The summed E-state index contributed by atoms with van der Waals surface area (Å²) in [5.74, 6) is 0. The van der Waals surface area contributed by atoms with Crippen LogP contribution in [0.5, 0.6) is 0 Å². The van der Waals surface area contributed by atoms with Crippen LogP contribution >= 0.6 is 0 Å². The lowest BCUT2D eigenvalue weighted by Crippen LogP contribution is -2.47. The highest BCUT2D eigenvalue weighted by atomic mass is 32.2. The number of rotatable bonds is 6. The zero-order valence-electron chi connectivity index (χ0n) is 19.7. The van der Waals surface area contributed by atoms with E-state index in [1.165, 1.54) is 8.61 Å². The highest BCUT2D eigenvalue weighted by Gasteiger charge is 2.43. The first-order chi connectivity index (χ1) is 17.3. The van der Waals surface area contributed by atoms with Gasteiger partial charge in [0.1, 0.15) is 0 Å². The highest BCUT2D eigenvalue weighted by Crippen LogP contribution is 2.46. The average molecular weight is 519 g/mol. The molecule has 36 heavy (non-hydrogen) atoms. The second kappa shape index (κ2) is 9.44. The summed E-state index contributed by atoms with van der Waals surface area (Å²) in [5, 5.41) is 0. The van der Waals surface area contributed by atoms with E-state index in [4.69, 9.17) is 0 Å². The van der Waals surface area contributed by atoms with Gasteiger partial charge in [-0.1, -0.05) is 72.8 Å². The SMILES string of the molecule is CC1CC(N(c2ccccc2)S(=O)(=O)c2ccccc2)c2ccccc2N1S(=O)(=O)c1ccccc1. The molecule has 8 heteroatoms. The second-order valence-corrected chi connectivity index (χ2v) is 12.4. The lowest BCUT2D eigenvalue weighted by Gasteiger charge is -2.43. The maximum Gasteiger partial charge on any atom is 0.264 e. The third kappa shape index (κ3) is 4.16. The molecule has 0 aromatic heterocycles. The van der Waals surface area contributed by atoms with Gasteiger partial charge in [-0.05, 0) is 55.8 Å². The molecule has 1 aliphatic heterocycles. The Hall–Kier alpha value is -3.62. The Bertz CT molecular complexity index is 1560. The number of hydrogen-bond donors (Lipinski definition) is 0. The topological polar surface area (TPSA) is 74.8 Å². The van der Waals surface area contributed by atoms with Gasteiger partial charge in [0.2, 0.25) is 0 Å². The smallest absolute Gasteiger partial charge is 0.263 e. The van der Waals surface area contributed by atoms with Crippen molar-refractivity contribution in [3.05, 3.63) is 121 Å². The summed E-state index contributed by atoms with van der Waals surface area (Å²) in [6.07, 6.45) is 0.282. The van der Waals surface area contributed by atoms with E-state index in [1.807, 2.05) is 25.1 Å². The maximum absolute atomic E-state index is 14.0. The van der Waals surface area contributed by atoms with Gasteiger partial charge >= 0.3 is 0 Å². The largest absolute Gasteiger partial charge is 0.264 e. The molecule has 0 aliphatic carbocycles. The fourth-order valence-corrected chi connectivity index (χ4v) is 8.19. The van der Waals surface area contributed by atoms with Gasteiger partial charge in [0.25, 0.3) is 20.0 Å². The van der Waals surface area contributed by atoms with E-state index >= 15 is 0 Å². The molecule has 0 N–H and O–H groups in total. The Morgan fingerprint density at radius 2 is 1.17 bits per heavy atom. The van der Waals surface area contributed by atoms with E-state index < -0.39 is 32.1 Å². The summed E-state index contributed by atoms with van der Waals surface area (Å²) in [7, 11) is -7.82. The summed E-state index contributed by atoms with van der Waals surface area (Å²) in [4.78, 5) is 0.375.